The van der Waals surface area contributed by atoms with Gasteiger partial charge in [0, 0.05) is 24.8 Å². The number of hydrogen-bond donors (Lipinski definition) is 3. The molecule has 0 amide bonds. The number of fused-ring (bicyclic) bond motifs is 2. The highest BCUT2D eigenvalue weighted by Crippen LogP contribution is 2.14. The van der Waals surface area contributed by atoms with Crippen molar-refractivity contribution in [3.63, 3.8) is 0 Å². The third-order valence-electron chi connectivity index (χ3n) is 3.33. The van der Waals surface area contributed by atoms with Crippen LogP contribution in [0.25, 0.3) is 16.9 Å². The third kappa shape index (κ3) is 2.50. The molecule has 4 rings (SSSR count). The molecule has 4 aromatic rings. The second-order valence-electron chi connectivity index (χ2n) is 4.93. The zero-order chi connectivity index (χ0) is 15.6. The van der Waals surface area contributed by atoms with Crippen LogP contribution in [0.5, 0.6) is 0 Å². The van der Waals surface area contributed by atoms with Crippen LogP contribution >= 0.6 is 0 Å². The Morgan fingerprint density at radius 2 is 2.00 bits per heavy atom. The molecule has 0 unspecified atom stereocenters. The summed E-state index contributed by atoms with van der Waals surface area (Å²) in [5, 5.41) is 10.7. The van der Waals surface area contributed by atoms with Crippen LogP contribution in [-0.2, 0) is 0 Å². The summed E-state index contributed by atoms with van der Waals surface area (Å²) in [5.41, 5.74) is 2.33. The summed E-state index contributed by atoms with van der Waals surface area (Å²) >= 11 is 0. The number of aromatic amines is 1. The van der Waals surface area contributed by atoms with Crippen molar-refractivity contribution < 1.29 is 0 Å². The second-order valence-corrected chi connectivity index (χ2v) is 4.93. The number of hydrogen-bond acceptors (Lipinski definition) is 8. The van der Waals surface area contributed by atoms with Gasteiger partial charge in [-0.3, -0.25) is 0 Å². The first kappa shape index (κ1) is 13.4. The molecule has 0 spiro atoms. The van der Waals surface area contributed by atoms with E-state index >= 15 is 0 Å². The molecule has 23 heavy (non-hydrogen) atoms. The molecule has 4 heterocycles. The van der Waals surface area contributed by atoms with Gasteiger partial charge in [-0.2, -0.15) is 14.6 Å². The Labute approximate surface area is 130 Å². The fourth-order valence-electron chi connectivity index (χ4n) is 2.33. The molecule has 10 nitrogen and oxygen atoms in total. The molecule has 116 valence electrons. The smallest absolute Gasteiger partial charge is 0.254 e. The lowest BCUT2D eigenvalue weighted by atomic mass is 10.4. The normalized spacial score (nSPS) is 11.2. The van der Waals surface area contributed by atoms with Gasteiger partial charge in [-0.1, -0.05) is 0 Å². The second kappa shape index (κ2) is 5.48. The van der Waals surface area contributed by atoms with Crippen LogP contribution in [0.1, 0.15) is 5.69 Å². The molecular formula is C13H14N10. The lowest BCUT2D eigenvalue weighted by Crippen LogP contribution is -2.16. The van der Waals surface area contributed by atoms with Crippen LogP contribution in [-0.4, -0.2) is 52.6 Å². The summed E-state index contributed by atoms with van der Waals surface area (Å²) in [6.45, 7) is 3.27. The quantitative estimate of drug-likeness (QED) is 0.459. The summed E-state index contributed by atoms with van der Waals surface area (Å²) < 4.78 is 1.67. The van der Waals surface area contributed by atoms with Gasteiger partial charge < -0.3 is 15.6 Å². The van der Waals surface area contributed by atoms with Crippen molar-refractivity contribution in [1.82, 2.24) is 39.5 Å². The Kier molecular flexibility index (Phi) is 3.18. The fraction of sp³-hybridized carbons (Fsp3) is 0.231. The molecule has 0 aliphatic rings. The van der Waals surface area contributed by atoms with E-state index in [1.54, 1.807) is 10.8 Å². The van der Waals surface area contributed by atoms with Crippen molar-refractivity contribution in [1.29, 1.82) is 0 Å². The molecule has 0 radical (unpaired) electrons. The number of H-pyrrole nitrogens is 1. The van der Waals surface area contributed by atoms with Crippen LogP contribution in [0, 0.1) is 6.92 Å². The highest BCUT2D eigenvalue weighted by atomic mass is 15.4. The van der Waals surface area contributed by atoms with Gasteiger partial charge in [0.05, 0.1) is 6.33 Å². The van der Waals surface area contributed by atoms with Crippen LogP contribution in [0.2, 0.25) is 0 Å². The first-order chi connectivity index (χ1) is 11.3. The molecule has 0 aliphatic carbocycles. The van der Waals surface area contributed by atoms with Crippen LogP contribution in [0.15, 0.2) is 25.0 Å². The Hall–Kier alpha value is -3.30. The van der Waals surface area contributed by atoms with Gasteiger partial charge in [-0.05, 0) is 6.92 Å². The molecule has 0 fully saturated rings. The van der Waals surface area contributed by atoms with Crippen LogP contribution in [0.3, 0.4) is 0 Å². The molecule has 3 N–H and O–H groups in total. The zero-order valence-corrected chi connectivity index (χ0v) is 12.4. The maximum atomic E-state index is 4.31. The Balaban J connectivity index is 1.44. The number of nitrogens with one attached hydrogen (secondary N) is 3. The molecule has 0 saturated carbocycles. The molecule has 10 heteroatoms. The molecule has 4 aromatic heterocycles. The van der Waals surface area contributed by atoms with Crippen molar-refractivity contribution in [2.45, 2.75) is 6.92 Å². The molecule has 0 bridgehead atoms. The Bertz CT molecular complexity index is 956. The predicted molar refractivity (Wildman–Crippen MR) is 84.2 cm³/mol. The Morgan fingerprint density at radius 1 is 1.09 bits per heavy atom. The lowest BCUT2D eigenvalue weighted by molar-refractivity contribution is 0.914. The maximum Gasteiger partial charge on any atom is 0.254 e. The Morgan fingerprint density at radius 3 is 2.96 bits per heavy atom. The van der Waals surface area contributed by atoms with Gasteiger partial charge in [-0.15, -0.1) is 0 Å². The average Bonchev–Trinajstić information content (AvgIpc) is 3.19. The van der Waals surface area contributed by atoms with Crippen molar-refractivity contribution in [2.75, 3.05) is 23.7 Å². The van der Waals surface area contributed by atoms with Gasteiger partial charge in [0.2, 0.25) is 0 Å². The fourth-order valence-corrected chi connectivity index (χ4v) is 2.33. The zero-order valence-electron chi connectivity index (χ0n) is 12.4. The summed E-state index contributed by atoms with van der Waals surface area (Å²) in [5.74, 6) is 2.16. The van der Waals surface area contributed by atoms with Gasteiger partial charge in [0.15, 0.2) is 11.5 Å². The average molecular weight is 310 g/mol. The van der Waals surface area contributed by atoms with Crippen LogP contribution < -0.4 is 10.6 Å². The minimum Gasteiger partial charge on any atom is -0.368 e. The molecule has 0 saturated heterocycles. The van der Waals surface area contributed by atoms with E-state index in [4.69, 9.17) is 0 Å². The molecule has 0 aromatic carbocycles. The van der Waals surface area contributed by atoms with E-state index in [9.17, 15) is 0 Å². The standard InChI is InChI=1S/C13H14N10/c1-8-4-9(23-13(22-8)20-7-21-23)14-2-3-15-11-10-12(17-5-16-10)19-6-18-11/h4-7,14H,2-3H2,1H3,(H2,15,16,17,18,19). The number of anilines is 2. The summed E-state index contributed by atoms with van der Waals surface area (Å²) in [7, 11) is 0. The van der Waals surface area contributed by atoms with Gasteiger partial charge in [0.1, 0.15) is 24.0 Å². The van der Waals surface area contributed by atoms with E-state index in [0.29, 0.717) is 24.5 Å². The summed E-state index contributed by atoms with van der Waals surface area (Å²) in [6, 6.07) is 1.93. The van der Waals surface area contributed by atoms with Crippen molar-refractivity contribution in [3.05, 3.63) is 30.7 Å². The van der Waals surface area contributed by atoms with Gasteiger partial charge in [0.25, 0.3) is 5.78 Å². The highest BCUT2D eigenvalue weighted by Gasteiger charge is 2.06. The summed E-state index contributed by atoms with van der Waals surface area (Å²) in [6.07, 6.45) is 4.58. The van der Waals surface area contributed by atoms with Gasteiger partial charge in [-0.25, -0.2) is 19.9 Å². The van der Waals surface area contributed by atoms with E-state index in [1.165, 1.54) is 12.7 Å². The minimum atomic E-state index is 0.579. The van der Waals surface area contributed by atoms with Crippen molar-refractivity contribution in [2.24, 2.45) is 0 Å². The SMILES string of the molecule is Cc1cc(NCCNc2ncnc3nc[nH]c23)n2ncnc2n1. The third-order valence-corrected chi connectivity index (χ3v) is 3.33. The first-order valence-electron chi connectivity index (χ1n) is 7.10. The van der Waals surface area contributed by atoms with E-state index in [0.717, 1.165) is 22.8 Å². The van der Waals surface area contributed by atoms with Crippen LogP contribution in [0.4, 0.5) is 11.6 Å². The summed E-state index contributed by atoms with van der Waals surface area (Å²) in [4.78, 5) is 23.8. The van der Waals surface area contributed by atoms with E-state index in [1.807, 2.05) is 13.0 Å². The number of aromatic nitrogens is 8. The number of aryl methyl sites for hydroxylation is 1. The molecule has 0 aliphatic heterocycles. The van der Waals surface area contributed by atoms with Crippen molar-refractivity contribution in [3.8, 4) is 0 Å². The van der Waals surface area contributed by atoms with E-state index < -0.39 is 0 Å². The monoisotopic (exact) mass is 310 g/mol. The van der Waals surface area contributed by atoms with Gasteiger partial charge >= 0.3 is 0 Å². The maximum absolute atomic E-state index is 4.31. The first-order valence-corrected chi connectivity index (χ1v) is 7.10. The van der Waals surface area contributed by atoms with E-state index in [2.05, 4.69) is 45.6 Å². The van der Waals surface area contributed by atoms with E-state index in [-0.39, 0.29) is 0 Å². The minimum absolute atomic E-state index is 0.579. The predicted octanol–water partition coefficient (Wildman–Crippen LogP) is 0.623. The molecular weight excluding hydrogens is 296 g/mol. The van der Waals surface area contributed by atoms with Crippen molar-refractivity contribution >= 4 is 28.6 Å². The number of rotatable bonds is 5. The number of imidazole rings is 1. The largest absolute Gasteiger partial charge is 0.368 e. The number of nitrogens with zero attached hydrogens (tertiary/aromatic N) is 7. The lowest BCUT2D eigenvalue weighted by Gasteiger charge is -2.10. The molecule has 0 atom stereocenters. The highest BCUT2D eigenvalue weighted by molar-refractivity contribution is 5.81. The topological polar surface area (TPSA) is 122 Å².